The van der Waals surface area contributed by atoms with E-state index in [9.17, 15) is 23.3 Å². The Morgan fingerprint density at radius 2 is 1.90 bits per heavy atom. The van der Waals surface area contributed by atoms with Crippen molar-refractivity contribution >= 4 is 48.7 Å². The first-order chi connectivity index (χ1) is 14.3. The number of carbonyl (C=O) groups excluding carboxylic acids is 1. The van der Waals surface area contributed by atoms with Gasteiger partial charge in [-0.15, -0.1) is 11.3 Å². The largest absolute Gasteiger partial charge is 0.379 e. The molecule has 9 nitrogen and oxygen atoms in total. The summed E-state index contributed by atoms with van der Waals surface area (Å²) in [7, 11) is -3.68. The van der Waals surface area contributed by atoms with E-state index in [0.29, 0.717) is 29.2 Å². The molecule has 11 heteroatoms. The normalized spacial score (nSPS) is 15.2. The number of nitro benzene ring substituents is 1. The average Bonchev–Trinajstić information content (AvgIpc) is 3.18. The molecule has 0 bridgehead atoms. The van der Waals surface area contributed by atoms with Crippen LogP contribution in [-0.2, 0) is 14.8 Å². The lowest BCUT2D eigenvalue weighted by molar-refractivity contribution is -0.384. The van der Waals surface area contributed by atoms with Crippen molar-refractivity contribution in [3.05, 3.63) is 63.5 Å². The van der Waals surface area contributed by atoms with Gasteiger partial charge in [-0.2, -0.15) is 4.31 Å². The van der Waals surface area contributed by atoms with Crippen molar-refractivity contribution in [2.24, 2.45) is 0 Å². The molecule has 2 aromatic carbocycles. The summed E-state index contributed by atoms with van der Waals surface area (Å²) in [5.74, 6) is -0.417. The Bertz CT molecular complexity index is 1230. The van der Waals surface area contributed by atoms with Gasteiger partial charge in [0, 0.05) is 41.0 Å². The van der Waals surface area contributed by atoms with Gasteiger partial charge in [-0.05, 0) is 30.3 Å². The molecule has 0 unspecified atom stereocenters. The molecule has 156 valence electrons. The molecule has 1 aromatic heterocycles. The van der Waals surface area contributed by atoms with Crippen LogP contribution >= 0.6 is 11.3 Å². The lowest BCUT2D eigenvalue weighted by Gasteiger charge is -2.26. The fraction of sp³-hybridized carbons (Fsp3) is 0.211. The van der Waals surface area contributed by atoms with Gasteiger partial charge in [0.05, 0.1) is 27.9 Å². The second kappa shape index (κ2) is 8.11. The zero-order valence-electron chi connectivity index (χ0n) is 15.6. The van der Waals surface area contributed by atoms with Crippen LogP contribution in [0.3, 0.4) is 0 Å². The topological polar surface area (TPSA) is 119 Å². The van der Waals surface area contributed by atoms with Crippen molar-refractivity contribution in [3.63, 3.8) is 0 Å². The van der Waals surface area contributed by atoms with Crippen LogP contribution in [0, 0.1) is 10.1 Å². The van der Waals surface area contributed by atoms with Crippen LogP contribution in [-0.4, -0.2) is 49.9 Å². The molecule has 30 heavy (non-hydrogen) atoms. The van der Waals surface area contributed by atoms with Gasteiger partial charge in [-0.3, -0.25) is 14.9 Å². The molecule has 0 spiro atoms. The summed E-state index contributed by atoms with van der Waals surface area (Å²) < 4.78 is 32.9. The molecule has 0 aliphatic carbocycles. The SMILES string of the molecule is O=C(Nc1cccc(S(=O)(=O)N2CCOCC2)c1)c1cc2cc([N+](=O)[O-])ccc2s1. The van der Waals surface area contributed by atoms with E-state index < -0.39 is 20.9 Å². The predicted molar refractivity (Wildman–Crippen MR) is 112 cm³/mol. The van der Waals surface area contributed by atoms with E-state index in [-0.39, 0.29) is 23.7 Å². The number of hydrogen-bond donors (Lipinski definition) is 1. The van der Waals surface area contributed by atoms with E-state index in [2.05, 4.69) is 5.32 Å². The fourth-order valence-corrected chi connectivity index (χ4v) is 5.51. The number of benzene rings is 2. The molecule has 0 saturated carbocycles. The maximum absolute atomic E-state index is 12.8. The lowest BCUT2D eigenvalue weighted by atomic mass is 10.2. The molecular formula is C19H17N3O6S2. The summed E-state index contributed by atoms with van der Waals surface area (Å²) in [6.45, 7) is 1.26. The molecule has 1 aliphatic heterocycles. The molecule has 1 N–H and O–H groups in total. The van der Waals surface area contributed by atoms with Crippen LogP contribution in [0.1, 0.15) is 9.67 Å². The smallest absolute Gasteiger partial charge is 0.270 e. The highest BCUT2D eigenvalue weighted by Crippen LogP contribution is 2.30. The first-order valence-corrected chi connectivity index (χ1v) is 11.3. The quantitative estimate of drug-likeness (QED) is 0.474. The number of carbonyl (C=O) groups is 1. The second-order valence-corrected chi connectivity index (χ2v) is 9.61. The molecule has 2 heterocycles. The van der Waals surface area contributed by atoms with Gasteiger partial charge in [0.1, 0.15) is 0 Å². The van der Waals surface area contributed by atoms with Crippen LogP contribution in [0.5, 0.6) is 0 Å². The molecule has 1 saturated heterocycles. The van der Waals surface area contributed by atoms with Crippen molar-refractivity contribution in [1.29, 1.82) is 0 Å². The number of nitrogens with one attached hydrogen (secondary N) is 1. The minimum Gasteiger partial charge on any atom is -0.379 e. The minimum absolute atomic E-state index is 0.0479. The molecule has 1 aliphatic rings. The van der Waals surface area contributed by atoms with Crippen LogP contribution in [0.4, 0.5) is 11.4 Å². The zero-order valence-corrected chi connectivity index (χ0v) is 17.2. The zero-order chi connectivity index (χ0) is 21.3. The summed E-state index contributed by atoms with van der Waals surface area (Å²) in [6, 6.07) is 12.1. The molecule has 4 rings (SSSR count). The van der Waals surface area contributed by atoms with E-state index in [1.165, 1.54) is 39.9 Å². The van der Waals surface area contributed by atoms with E-state index in [1.807, 2.05) is 0 Å². The number of nitro groups is 1. The number of rotatable bonds is 5. The standard InChI is InChI=1S/C19H17N3O6S2/c23-19(18-11-13-10-15(22(24)25)4-5-17(13)29-18)20-14-2-1-3-16(12-14)30(26,27)21-6-8-28-9-7-21/h1-5,10-12H,6-9H2,(H,20,23). The molecule has 1 amide bonds. The Kier molecular flexibility index (Phi) is 5.52. The number of ether oxygens (including phenoxy) is 1. The number of non-ortho nitro benzene ring substituents is 1. The Hall–Kier alpha value is -2.86. The van der Waals surface area contributed by atoms with Gasteiger partial charge in [0.15, 0.2) is 0 Å². The number of sulfonamides is 1. The summed E-state index contributed by atoms with van der Waals surface area (Å²) >= 11 is 1.20. The van der Waals surface area contributed by atoms with Crippen molar-refractivity contribution < 1.29 is 22.9 Å². The Morgan fingerprint density at radius 1 is 1.13 bits per heavy atom. The Morgan fingerprint density at radius 3 is 2.63 bits per heavy atom. The number of thiophene rings is 1. The summed E-state index contributed by atoms with van der Waals surface area (Å²) in [6.07, 6.45) is 0. The van der Waals surface area contributed by atoms with Crippen LogP contribution in [0.2, 0.25) is 0 Å². The number of fused-ring (bicyclic) bond motifs is 1. The minimum atomic E-state index is -3.68. The van der Waals surface area contributed by atoms with Gasteiger partial charge in [0.2, 0.25) is 10.0 Å². The third kappa shape index (κ3) is 4.05. The fourth-order valence-electron chi connectivity index (χ4n) is 3.12. The molecule has 0 atom stereocenters. The third-order valence-corrected chi connectivity index (χ3v) is 7.64. The molecular weight excluding hydrogens is 430 g/mol. The number of hydrogen-bond acceptors (Lipinski definition) is 7. The molecule has 3 aromatic rings. The highest BCUT2D eigenvalue weighted by atomic mass is 32.2. The highest BCUT2D eigenvalue weighted by Gasteiger charge is 2.26. The van der Waals surface area contributed by atoms with Crippen LogP contribution in [0.25, 0.3) is 10.1 Å². The molecule has 1 fully saturated rings. The second-order valence-electron chi connectivity index (χ2n) is 6.59. The summed E-state index contributed by atoms with van der Waals surface area (Å²) in [5, 5.41) is 14.2. The van der Waals surface area contributed by atoms with E-state index in [4.69, 9.17) is 4.74 Å². The molecule has 0 radical (unpaired) electrons. The number of nitrogens with zero attached hydrogens (tertiary/aromatic N) is 2. The van der Waals surface area contributed by atoms with Crippen LogP contribution < -0.4 is 5.32 Å². The van der Waals surface area contributed by atoms with Crippen molar-refractivity contribution in [2.45, 2.75) is 4.90 Å². The first kappa shape index (κ1) is 20.4. The van der Waals surface area contributed by atoms with Gasteiger partial charge >= 0.3 is 0 Å². The number of amides is 1. The summed E-state index contributed by atoms with van der Waals surface area (Å²) in [5.41, 5.74) is 0.297. The van der Waals surface area contributed by atoms with Gasteiger partial charge < -0.3 is 10.1 Å². The Balaban J connectivity index is 1.56. The highest BCUT2D eigenvalue weighted by molar-refractivity contribution is 7.89. The van der Waals surface area contributed by atoms with E-state index in [0.717, 1.165) is 4.70 Å². The van der Waals surface area contributed by atoms with Crippen molar-refractivity contribution in [1.82, 2.24) is 4.31 Å². The average molecular weight is 447 g/mol. The van der Waals surface area contributed by atoms with E-state index >= 15 is 0 Å². The maximum Gasteiger partial charge on any atom is 0.270 e. The lowest BCUT2D eigenvalue weighted by Crippen LogP contribution is -2.40. The Labute approximate surface area is 176 Å². The number of morpholine rings is 1. The number of anilines is 1. The maximum atomic E-state index is 12.8. The van der Waals surface area contributed by atoms with Gasteiger partial charge in [0.25, 0.3) is 11.6 Å². The summed E-state index contributed by atoms with van der Waals surface area (Å²) in [4.78, 5) is 23.5. The van der Waals surface area contributed by atoms with Gasteiger partial charge in [-0.25, -0.2) is 8.42 Å². The third-order valence-electron chi connectivity index (χ3n) is 4.63. The van der Waals surface area contributed by atoms with Gasteiger partial charge in [-0.1, -0.05) is 6.07 Å². The monoisotopic (exact) mass is 447 g/mol. The predicted octanol–water partition coefficient (Wildman–Crippen LogP) is 3.08. The first-order valence-electron chi connectivity index (χ1n) is 9.02. The van der Waals surface area contributed by atoms with Crippen molar-refractivity contribution in [3.8, 4) is 0 Å². The van der Waals surface area contributed by atoms with E-state index in [1.54, 1.807) is 24.3 Å². The van der Waals surface area contributed by atoms with Crippen molar-refractivity contribution in [2.75, 3.05) is 31.6 Å². The van der Waals surface area contributed by atoms with Crippen LogP contribution in [0.15, 0.2) is 53.4 Å².